The van der Waals surface area contributed by atoms with Crippen molar-refractivity contribution in [1.29, 1.82) is 0 Å². The normalized spacial score (nSPS) is 13.9. The number of halogens is 1. The summed E-state index contributed by atoms with van der Waals surface area (Å²) in [5.41, 5.74) is 6.79. The molecule has 0 heterocycles. The fourth-order valence-corrected chi connectivity index (χ4v) is 3.43. The molecule has 0 aliphatic rings. The van der Waals surface area contributed by atoms with Crippen molar-refractivity contribution in [3.63, 3.8) is 0 Å². The van der Waals surface area contributed by atoms with Crippen molar-refractivity contribution in [2.45, 2.75) is 31.8 Å². The second-order valence-electron chi connectivity index (χ2n) is 4.60. The summed E-state index contributed by atoms with van der Waals surface area (Å²) in [5, 5.41) is 0.113. The minimum atomic E-state index is -3.19. The Morgan fingerprint density at radius 3 is 2.41 bits per heavy atom. The number of anilines is 1. The first-order valence-corrected chi connectivity index (χ1v) is 7.59. The third-order valence-electron chi connectivity index (χ3n) is 2.97. The molecule has 0 amide bonds. The second kappa shape index (κ2) is 5.27. The molecule has 0 aliphatic carbocycles. The minimum Gasteiger partial charge on any atom is -0.398 e. The molecule has 0 spiro atoms. The smallest absolute Gasteiger partial charge is 0.157 e. The Morgan fingerprint density at radius 1 is 1.29 bits per heavy atom. The van der Waals surface area contributed by atoms with Gasteiger partial charge < -0.3 is 5.73 Å². The number of benzene rings is 1. The summed E-state index contributed by atoms with van der Waals surface area (Å²) in [6.07, 6.45) is 0. The summed E-state index contributed by atoms with van der Waals surface area (Å²) >= 11 is 5.84. The first-order valence-electron chi connectivity index (χ1n) is 5.49. The van der Waals surface area contributed by atoms with E-state index in [1.165, 1.54) is 0 Å². The van der Waals surface area contributed by atoms with Crippen molar-refractivity contribution >= 4 is 27.1 Å². The van der Waals surface area contributed by atoms with Crippen LogP contribution in [0.2, 0.25) is 5.02 Å². The van der Waals surface area contributed by atoms with Crippen molar-refractivity contribution < 1.29 is 8.42 Å². The molecule has 0 fully saturated rings. The maximum absolute atomic E-state index is 12.1. The molecule has 0 saturated carbocycles. The van der Waals surface area contributed by atoms with Gasteiger partial charge in [-0.05, 0) is 36.6 Å². The van der Waals surface area contributed by atoms with Crippen LogP contribution >= 0.6 is 11.6 Å². The van der Waals surface area contributed by atoms with Gasteiger partial charge in [-0.3, -0.25) is 0 Å². The highest BCUT2D eigenvalue weighted by Gasteiger charge is 2.24. The number of rotatable bonds is 4. The van der Waals surface area contributed by atoms with Crippen molar-refractivity contribution in [2.24, 2.45) is 5.92 Å². The Morgan fingerprint density at radius 2 is 1.88 bits per heavy atom. The highest BCUT2D eigenvalue weighted by atomic mass is 35.5. The van der Waals surface area contributed by atoms with E-state index in [-0.39, 0.29) is 16.9 Å². The Labute approximate surface area is 108 Å². The first-order chi connectivity index (χ1) is 7.74. The van der Waals surface area contributed by atoms with E-state index in [1.807, 2.05) is 13.8 Å². The Hall–Kier alpha value is -0.740. The average Bonchev–Trinajstić information content (AvgIpc) is 2.21. The van der Waals surface area contributed by atoms with Crippen LogP contribution in [0.15, 0.2) is 18.2 Å². The van der Waals surface area contributed by atoms with Gasteiger partial charge >= 0.3 is 0 Å². The number of nitrogens with two attached hydrogens (primary N) is 1. The largest absolute Gasteiger partial charge is 0.398 e. The van der Waals surface area contributed by atoms with E-state index in [4.69, 9.17) is 17.3 Å². The molecule has 0 radical (unpaired) electrons. The van der Waals surface area contributed by atoms with Crippen molar-refractivity contribution in [2.75, 3.05) is 5.73 Å². The highest BCUT2D eigenvalue weighted by molar-refractivity contribution is 7.91. The van der Waals surface area contributed by atoms with Crippen molar-refractivity contribution in [1.82, 2.24) is 0 Å². The molecular formula is C12H18ClNO2S. The summed E-state index contributed by atoms with van der Waals surface area (Å²) in [4.78, 5) is 0. The van der Waals surface area contributed by atoms with Gasteiger partial charge in [-0.15, -0.1) is 0 Å². The fraction of sp³-hybridized carbons (Fsp3) is 0.500. The molecule has 1 aromatic carbocycles. The lowest BCUT2D eigenvalue weighted by atomic mass is 10.2. The van der Waals surface area contributed by atoms with Gasteiger partial charge in [0.1, 0.15) is 0 Å². The Kier molecular flexibility index (Phi) is 4.44. The van der Waals surface area contributed by atoms with Gasteiger partial charge in [0.05, 0.1) is 11.0 Å². The third-order valence-corrected chi connectivity index (χ3v) is 5.59. The van der Waals surface area contributed by atoms with E-state index in [9.17, 15) is 8.42 Å². The predicted molar refractivity (Wildman–Crippen MR) is 72.8 cm³/mol. The van der Waals surface area contributed by atoms with Crippen LogP contribution in [0.1, 0.15) is 26.3 Å². The summed E-state index contributed by atoms with van der Waals surface area (Å²) in [6, 6.07) is 4.90. The zero-order valence-electron chi connectivity index (χ0n) is 10.3. The van der Waals surface area contributed by atoms with Crippen LogP contribution in [0, 0.1) is 5.92 Å². The summed E-state index contributed by atoms with van der Waals surface area (Å²) in [6.45, 7) is 5.51. The van der Waals surface area contributed by atoms with Crippen molar-refractivity contribution in [3.8, 4) is 0 Å². The second-order valence-corrected chi connectivity index (χ2v) is 7.39. The zero-order valence-corrected chi connectivity index (χ0v) is 11.8. The van der Waals surface area contributed by atoms with Crippen LogP contribution < -0.4 is 5.73 Å². The minimum absolute atomic E-state index is 0.0568. The van der Waals surface area contributed by atoms with E-state index >= 15 is 0 Å². The molecule has 1 aromatic rings. The maximum Gasteiger partial charge on any atom is 0.157 e. The van der Waals surface area contributed by atoms with E-state index in [1.54, 1.807) is 25.1 Å². The van der Waals surface area contributed by atoms with Crippen LogP contribution in [-0.4, -0.2) is 13.7 Å². The monoisotopic (exact) mass is 275 g/mol. The van der Waals surface area contributed by atoms with E-state index in [0.29, 0.717) is 16.3 Å². The van der Waals surface area contributed by atoms with Gasteiger partial charge in [0.25, 0.3) is 0 Å². The molecule has 17 heavy (non-hydrogen) atoms. The molecule has 96 valence electrons. The lowest BCUT2D eigenvalue weighted by molar-refractivity contribution is 0.545. The van der Waals surface area contributed by atoms with Crippen LogP contribution in [-0.2, 0) is 15.6 Å². The van der Waals surface area contributed by atoms with Gasteiger partial charge in [0.2, 0.25) is 0 Å². The molecule has 3 nitrogen and oxygen atoms in total. The summed E-state index contributed by atoms with van der Waals surface area (Å²) in [5.74, 6) is 0.0269. The van der Waals surface area contributed by atoms with Gasteiger partial charge in [-0.1, -0.05) is 25.4 Å². The summed E-state index contributed by atoms with van der Waals surface area (Å²) < 4.78 is 24.2. The predicted octanol–water partition coefficient (Wildman–Crippen LogP) is 2.88. The van der Waals surface area contributed by atoms with E-state index < -0.39 is 9.84 Å². The molecule has 0 aromatic heterocycles. The van der Waals surface area contributed by atoms with Crippen molar-refractivity contribution in [3.05, 3.63) is 28.8 Å². The molecule has 0 aliphatic heterocycles. The van der Waals surface area contributed by atoms with Crippen LogP contribution in [0.4, 0.5) is 5.69 Å². The lowest BCUT2D eigenvalue weighted by Gasteiger charge is -2.17. The third kappa shape index (κ3) is 3.61. The standard InChI is InChI=1S/C12H18ClNO2S/c1-8(2)9(3)17(15,16)7-10-6-11(13)4-5-12(10)14/h4-6,8-9H,7,14H2,1-3H3. The van der Waals surface area contributed by atoms with E-state index in [0.717, 1.165) is 0 Å². The lowest BCUT2D eigenvalue weighted by Crippen LogP contribution is -2.25. The van der Waals surface area contributed by atoms with Gasteiger partial charge in [-0.2, -0.15) is 0 Å². The van der Waals surface area contributed by atoms with Crippen LogP contribution in [0.5, 0.6) is 0 Å². The molecule has 1 unspecified atom stereocenters. The first kappa shape index (κ1) is 14.3. The fourth-order valence-electron chi connectivity index (χ4n) is 1.46. The average molecular weight is 276 g/mol. The molecule has 1 atom stereocenters. The van der Waals surface area contributed by atoms with Crippen LogP contribution in [0.25, 0.3) is 0 Å². The zero-order chi connectivity index (χ0) is 13.2. The number of sulfone groups is 1. The number of nitrogen functional groups attached to an aromatic ring is 1. The Balaban J connectivity index is 3.02. The molecule has 1 rings (SSSR count). The quantitative estimate of drug-likeness (QED) is 0.860. The molecule has 0 saturated heterocycles. The molecule has 0 bridgehead atoms. The number of hydrogen-bond donors (Lipinski definition) is 1. The van der Waals surface area contributed by atoms with Gasteiger partial charge in [0, 0.05) is 10.7 Å². The topological polar surface area (TPSA) is 60.2 Å². The van der Waals surface area contributed by atoms with Gasteiger partial charge in [0.15, 0.2) is 9.84 Å². The maximum atomic E-state index is 12.1. The molecular weight excluding hydrogens is 258 g/mol. The SMILES string of the molecule is CC(C)C(C)S(=O)(=O)Cc1cc(Cl)ccc1N. The van der Waals surface area contributed by atoms with Gasteiger partial charge in [-0.25, -0.2) is 8.42 Å². The van der Waals surface area contributed by atoms with Crippen LogP contribution in [0.3, 0.4) is 0 Å². The molecule has 5 heteroatoms. The number of hydrogen-bond acceptors (Lipinski definition) is 3. The highest BCUT2D eigenvalue weighted by Crippen LogP contribution is 2.23. The van der Waals surface area contributed by atoms with E-state index in [2.05, 4.69) is 0 Å². The Bertz CT molecular complexity index is 497. The summed E-state index contributed by atoms with van der Waals surface area (Å²) in [7, 11) is -3.19. The molecule has 2 N–H and O–H groups in total.